The molecule has 144 valence electrons. The largest absolute Gasteiger partial charge is 0.350 e. The number of aryl methyl sites for hydroxylation is 1. The van der Waals surface area contributed by atoms with Gasteiger partial charge >= 0.3 is 0 Å². The van der Waals surface area contributed by atoms with E-state index in [1.807, 2.05) is 32.0 Å². The summed E-state index contributed by atoms with van der Waals surface area (Å²) in [5, 5.41) is 10.6. The summed E-state index contributed by atoms with van der Waals surface area (Å²) in [5.74, 6) is -0.366. The number of aromatic nitrogens is 2. The van der Waals surface area contributed by atoms with Crippen molar-refractivity contribution < 1.29 is 9.59 Å². The molecular formula is C21H21ClN4O2. The van der Waals surface area contributed by atoms with Crippen molar-refractivity contribution in [3.63, 3.8) is 0 Å². The first-order chi connectivity index (χ1) is 13.5. The molecular weight excluding hydrogens is 376 g/mol. The molecule has 2 amide bonds. The number of hydrogen-bond acceptors (Lipinski definition) is 3. The van der Waals surface area contributed by atoms with Crippen LogP contribution in [0.2, 0.25) is 5.02 Å². The molecule has 6 nitrogen and oxygen atoms in total. The molecule has 2 N–H and O–H groups in total. The van der Waals surface area contributed by atoms with E-state index in [0.717, 1.165) is 17.1 Å². The van der Waals surface area contributed by atoms with Crippen LogP contribution in [0.4, 0.5) is 0 Å². The van der Waals surface area contributed by atoms with Crippen LogP contribution < -0.4 is 10.6 Å². The molecule has 1 heterocycles. The highest BCUT2D eigenvalue weighted by Crippen LogP contribution is 2.22. The van der Waals surface area contributed by atoms with Gasteiger partial charge in [-0.25, -0.2) is 4.68 Å². The summed E-state index contributed by atoms with van der Waals surface area (Å²) in [6, 6.07) is 16.1. The summed E-state index contributed by atoms with van der Waals surface area (Å²) in [6.45, 7) is 4.44. The highest BCUT2D eigenvalue weighted by molar-refractivity contribution is 6.31. The maximum Gasteiger partial charge on any atom is 0.251 e. The summed E-state index contributed by atoms with van der Waals surface area (Å²) in [5.41, 5.74) is 3.57. The van der Waals surface area contributed by atoms with Crippen molar-refractivity contribution in [2.24, 2.45) is 0 Å². The minimum atomic E-state index is -0.202. The van der Waals surface area contributed by atoms with E-state index in [-0.39, 0.29) is 11.8 Å². The van der Waals surface area contributed by atoms with Gasteiger partial charge < -0.3 is 10.6 Å². The third-order valence-electron chi connectivity index (χ3n) is 4.31. The molecule has 0 unspecified atom stereocenters. The zero-order valence-corrected chi connectivity index (χ0v) is 16.5. The van der Waals surface area contributed by atoms with Crippen LogP contribution in [0.25, 0.3) is 5.69 Å². The van der Waals surface area contributed by atoms with E-state index in [1.54, 1.807) is 41.1 Å². The second-order valence-corrected chi connectivity index (χ2v) is 6.70. The predicted octanol–water partition coefficient (Wildman–Crippen LogP) is 3.30. The van der Waals surface area contributed by atoms with Crippen LogP contribution >= 0.6 is 11.6 Å². The summed E-state index contributed by atoms with van der Waals surface area (Å²) >= 11 is 6.18. The fourth-order valence-corrected chi connectivity index (χ4v) is 2.89. The Bertz CT molecular complexity index is 982. The quantitative estimate of drug-likeness (QED) is 0.627. The number of nitrogens with zero attached hydrogens (tertiary/aromatic N) is 2. The molecule has 0 radical (unpaired) electrons. The minimum absolute atomic E-state index is 0.164. The van der Waals surface area contributed by atoms with E-state index in [0.29, 0.717) is 29.2 Å². The van der Waals surface area contributed by atoms with Crippen molar-refractivity contribution in [2.45, 2.75) is 13.8 Å². The summed E-state index contributed by atoms with van der Waals surface area (Å²) < 4.78 is 1.75. The molecule has 28 heavy (non-hydrogen) atoms. The topological polar surface area (TPSA) is 76.0 Å². The zero-order chi connectivity index (χ0) is 20.1. The van der Waals surface area contributed by atoms with Crippen molar-refractivity contribution in [3.05, 3.63) is 82.1 Å². The maximum absolute atomic E-state index is 12.3. The Kier molecular flexibility index (Phi) is 6.11. The third-order valence-corrected chi connectivity index (χ3v) is 4.86. The predicted molar refractivity (Wildman–Crippen MR) is 109 cm³/mol. The highest BCUT2D eigenvalue weighted by atomic mass is 35.5. The van der Waals surface area contributed by atoms with Gasteiger partial charge in [0.1, 0.15) is 0 Å². The number of carbonyl (C=O) groups is 2. The van der Waals surface area contributed by atoms with Gasteiger partial charge in [0.25, 0.3) is 11.8 Å². The lowest BCUT2D eigenvalue weighted by Gasteiger charge is -2.08. The molecule has 0 spiro atoms. The van der Waals surface area contributed by atoms with Crippen molar-refractivity contribution in [1.82, 2.24) is 20.4 Å². The third kappa shape index (κ3) is 4.40. The lowest BCUT2D eigenvalue weighted by molar-refractivity contribution is 0.0927. The lowest BCUT2D eigenvalue weighted by atomic mass is 10.2. The second-order valence-electron chi connectivity index (χ2n) is 6.32. The molecule has 0 aliphatic carbocycles. The molecule has 0 saturated heterocycles. The van der Waals surface area contributed by atoms with Crippen molar-refractivity contribution in [1.29, 1.82) is 0 Å². The fraction of sp³-hybridized carbons (Fsp3) is 0.190. The van der Waals surface area contributed by atoms with Gasteiger partial charge in [-0.05, 0) is 50.2 Å². The Morgan fingerprint density at radius 2 is 1.43 bits per heavy atom. The molecule has 2 aromatic carbocycles. The number of carbonyl (C=O) groups excluding carboxylic acids is 2. The van der Waals surface area contributed by atoms with Gasteiger partial charge in [-0.2, -0.15) is 5.10 Å². The fourth-order valence-electron chi connectivity index (χ4n) is 2.77. The van der Waals surface area contributed by atoms with Crippen LogP contribution in [0.5, 0.6) is 0 Å². The maximum atomic E-state index is 12.3. The van der Waals surface area contributed by atoms with Crippen LogP contribution in [-0.2, 0) is 0 Å². The molecule has 0 fully saturated rings. The van der Waals surface area contributed by atoms with Crippen molar-refractivity contribution in [3.8, 4) is 5.69 Å². The normalized spacial score (nSPS) is 10.5. The van der Waals surface area contributed by atoms with E-state index in [1.165, 1.54) is 0 Å². The average molecular weight is 397 g/mol. The number of hydrogen-bond donors (Lipinski definition) is 2. The van der Waals surface area contributed by atoms with Gasteiger partial charge in [-0.15, -0.1) is 0 Å². The number of benzene rings is 2. The van der Waals surface area contributed by atoms with Crippen molar-refractivity contribution in [2.75, 3.05) is 13.1 Å². The van der Waals surface area contributed by atoms with Gasteiger partial charge in [0, 0.05) is 24.2 Å². The molecule has 3 aromatic rings. The van der Waals surface area contributed by atoms with E-state index in [9.17, 15) is 9.59 Å². The summed E-state index contributed by atoms with van der Waals surface area (Å²) in [4.78, 5) is 24.2. The van der Waals surface area contributed by atoms with Gasteiger partial charge in [-0.3, -0.25) is 9.59 Å². The van der Waals surface area contributed by atoms with E-state index >= 15 is 0 Å². The SMILES string of the molecule is Cc1nn(-c2ccc(C(=O)NCCNC(=O)c3ccccc3)cc2)c(C)c1Cl. The van der Waals surface area contributed by atoms with Crippen LogP contribution in [0.3, 0.4) is 0 Å². The monoisotopic (exact) mass is 396 g/mol. The van der Waals surface area contributed by atoms with E-state index in [4.69, 9.17) is 11.6 Å². The number of halogens is 1. The zero-order valence-electron chi connectivity index (χ0n) is 15.7. The minimum Gasteiger partial charge on any atom is -0.350 e. The van der Waals surface area contributed by atoms with Crippen LogP contribution in [0.15, 0.2) is 54.6 Å². The average Bonchev–Trinajstić information content (AvgIpc) is 2.99. The number of amides is 2. The van der Waals surface area contributed by atoms with Gasteiger partial charge in [0.2, 0.25) is 0 Å². The number of nitrogens with one attached hydrogen (secondary N) is 2. The molecule has 0 atom stereocenters. The first kappa shape index (κ1) is 19.6. The first-order valence-corrected chi connectivity index (χ1v) is 9.29. The van der Waals surface area contributed by atoms with Crippen molar-refractivity contribution >= 4 is 23.4 Å². The molecule has 0 aliphatic rings. The van der Waals surface area contributed by atoms with Crippen LogP contribution in [0, 0.1) is 13.8 Å². The molecule has 7 heteroatoms. The smallest absolute Gasteiger partial charge is 0.251 e. The molecule has 0 bridgehead atoms. The number of rotatable bonds is 6. The van der Waals surface area contributed by atoms with Gasteiger partial charge in [-0.1, -0.05) is 29.8 Å². The Morgan fingerprint density at radius 3 is 1.93 bits per heavy atom. The summed E-state index contributed by atoms with van der Waals surface area (Å²) in [7, 11) is 0. The Balaban J connectivity index is 1.52. The lowest BCUT2D eigenvalue weighted by Crippen LogP contribution is -2.34. The Labute approximate surface area is 168 Å². The molecule has 1 aromatic heterocycles. The van der Waals surface area contributed by atoms with Crippen LogP contribution in [-0.4, -0.2) is 34.7 Å². The Morgan fingerprint density at radius 1 is 0.893 bits per heavy atom. The Hall–Kier alpha value is -3.12. The second kappa shape index (κ2) is 8.71. The van der Waals surface area contributed by atoms with Crippen LogP contribution in [0.1, 0.15) is 32.1 Å². The molecule has 0 aliphatic heterocycles. The van der Waals surface area contributed by atoms with Gasteiger partial charge in [0.05, 0.1) is 22.1 Å². The van der Waals surface area contributed by atoms with Gasteiger partial charge in [0.15, 0.2) is 0 Å². The standard InChI is InChI=1S/C21H21ClN4O2/c1-14-19(22)15(2)26(25-14)18-10-8-17(9-11-18)21(28)24-13-12-23-20(27)16-6-4-3-5-7-16/h3-11H,12-13H2,1-2H3,(H,23,27)(H,24,28). The highest BCUT2D eigenvalue weighted by Gasteiger charge is 2.12. The first-order valence-electron chi connectivity index (χ1n) is 8.91. The molecule has 0 saturated carbocycles. The van der Waals surface area contributed by atoms with E-state index in [2.05, 4.69) is 15.7 Å². The van der Waals surface area contributed by atoms with E-state index < -0.39 is 0 Å². The molecule has 3 rings (SSSR count). The summed E-state index contributed by atoms with van der Waals surface area (Å²) in [6.07, 6.45) is 0.